The first-order chi connectivity index (χ1) is 11.0. The number of aryl methyl sites for hydroxylation is 1. The van der Waals surface area contributed by atoms with Crippen LogP contribution in [0.25, 0.3) is 11.3 Å². The Kier molecular flexibility index (Phi) is 4.22. The van der Waals surface area contributed by atoms with Gasteiger partial charge in [0.15, 0.2) is 6.54 Å². The molecule has 0 spiro atoms. The molecule has 0 N–H and O–H groups in total. The highest BCUT2D eigenvalue weighted by molar-refractivity contribution is 5.67. The Hall–Kier alpha value is -1.77. The van der Waals surface area contributed by atoms with Gasteiger partial charge in [-0.3, -0.25) is 0 Å². The van der Waals surface area contributed by atoms with Crippen LogP contribution in [0.1, 0.15) is 50.7 Å². The summed E-state index contributed by atoms with van der Waals surface area (Å²) in [5, 5.41) is 0. The zero-order chi connectivity index (χ0) is 16.6. The van der Waals surface area contributed by atoms with E-state index < -0.39 is 0 Å². The maximum Gasteiger partial charge on any atom is 0.360 e. The summed E-state index contributed by atoms with van der Waals surface area (Å²) < 4.78 is 30.9. The molecule has 23 heavy (non-hydrogen) atoms. The lowest BCUT2D eigenvalue weighted by Gasteiger charge is -2.36. The Balaban J connectivity index is 2.32. The molecule has 122 valence electrons. The highest BCUT2D eigenvalue weighted by Gasteiger charge is 2.45. The molecule has 1 aliphatic rings. The molecule has 1 nitrogen and oxygen atoms in total. The summed E-state index contributed by atoms with van der Waals surface area (Å²) in [5.41, 5.74) is 3.05. The Bertz CT molecular complexity index is 739. The summed E-state index contributed by atoms with van der Waals surface area (Å²) in [6, 6.07) is 8.53. The molecule has 0 bridgehead atoms. The first kappa shape index (κ1) is 16.1. The van der Waals surface area contributed by atoms with Crippen molar-refractivity contribution in [3.63, 3.8) is 0 Å². The fourth-order valence-corrected chi connectivity index (χ4v) is 3.97. The third kappa shape index (κ3) is 2.46. The lowest BCUT2D eigenvalue weighted by atomic mass is 9.69. The number of aromatic nitrogens is 1. The number of rotatable bonds is 4. The minimum absolute atomic E-state index is 0.195. The van der Waals surface area contributed by atoms with Gasteiger partial charge in [0, 0.05) is 11.6 Å². The summed E-state index contributed by atoms with van der Waals surface area (Å²) in [4.78, 5) is 0. The summed E-state index contributed by atoms with van der Waals surface area (Å²) in [6.45, 7) is 6.80. The van der Waals surface area contributed by atoms with E-state index in [9.17, 15) is 8.78 Å². The molecule has 1 atom stereocenters. The summed E-state index contributed by atoms with van der Waals surface area (Å²) in [5.74, 6) is -0.534. The quantitative estimate of drug-likeness (QED) is 0.547. The molecule has 3 rings (SSSR count). The normalized spacial score (nSPS) is 19.3. The van der Waals surface area contributed by atoms with Gasteiger partial charge in [-0.2, -0.15) is 4.57 Å². The van der Waals surface area contributed by atoms with Gasteiger partial charge >= 0.3 is 5.95 Å². The van der Waals surface area contributed by atoms with Crippen molar-refractivity contribution in [1.29, 1.82) is 0 Å². The minimum atomic E-state index is -0.283. The van der Waals surface area contributed by atoms with Crippen molar-refractivity contribution >= 4 is 0 Å². The summed E-state index contributed by atoms with van der Waals surface area (Å²) >= 11 is 0. The highest BCUT2D eigenvalue weighted by atomic mass is 19.1. The molecular formula is C20H24F2N+. The van der Waals surface area contributed by atoms with Gasteiger partial charge < -0.3 is 0 Å². The second kappa shape index (κ2) is 6.03. The van der Waals surface area contributed by atoms with Crippen LogP contribution in [-0.2, 0) is 12.0 Å². The van der Waals surface area contributed by atoms with E-state index in [-0.39, 0.29) is 17.2 Å². The SMILES string of the molecule is CCCCC1(CC)C[n+]2c(F)ccc(C)c2-c2c(F)cccc21. The van der Waals surface area contributed by atoms with E-state index in [0.29, 0.717) is 17.8 Å². The van der Waals surface area contributed by atoms with Crippen LogP contribution in [0.2, 0.25) is 0 Å². The van der Waals surface area contributed by atoms with Crippen molar-refractivity contribution in [2.24, 2.45) is 0 Å². The zero-order valence-electron chi connectivity index (χ0n) is 14.1. The topological polar surface area (TPSA) is 3.88 Å². The monoisotopic (exact) mass is 316 g/mol. The Morgan fingerprint density at radius 2 is 1.91 bits per heavy atom. The highest BCUT2D eigenvalue weighted by Crippen LogP contribution is 2.44. The van der Waals surface area contributed by atoms with Crippen LogP contribution in [0.3, 0.4) is 0 Å². The predicted octanol–water partition coefficient (Wildman–Crippen LogP) is 5.08. The zero-order valence-corrected chi connectivity index (χ0v) is 14.1. The summed E-state index contributed by atoms with van der Waals surface area (Å²) in [7, 11) is 0. The molecule has 0 saturated heterocycles. The van der Waals surface area contributed by atoms with Crippen molar-refractivity contribution < 1.29 is 13.3 Å². The third-order valence-electron chi connectivity index (χ3n) is 5.34. The average molecular weight is 316 g/mol. The van der Waals surface area contributed by atoms with Crippen molar-refractivity contribution in [1.82, 2.24) is 0 Å². The fraction of sp³-hybridized carbons (Fsp3) is 0.450. The molecule has 0 aliphatic carbocycles. The van der Waals surface area contributed by atoms with Crippen LogP contribution >= 0.6 is 0 Å². The first-order valence-electron chi connectivity index (χ1n) is 8.52. The Labute approximate surface area is 137 Å². The number of unbranched alkanes of at least 4 members (excludes halogenated alkanes) is 1. The van der Waals surface area contributed by atoms with Crippen LogP contribution in [0.4, 0.5) is 8.78 Å². The van der Waals surface area contributed by atoms with Crippen molar-refractivity contribution in [2.75, 3.05) is 0 Å². The van der Waals surface area contributed by atoms with Crippen molar-refractivity contribution in [2.45, 2.75) is 58.4 Å². The molecule has 2 heterocycles. The molecule has 0 saturated carbocycles. The molecule has 0 amide bonds. The van der Waals surface area contributed by atoms with E-state index in [4.69, 9.17) is 0 Å². The maximum atomic E-state index is 14.7. The van der Waals surface area contributed by atoms with Gasteiger partial charge in [-0.25, -0.2) is 4.39 Å². The Morgan fingerprint density at radius 1 is 1.13 bits per heavy atom. The van der Waals surface area contributed by atoms with E-state index >= 15 is 0 Å². The van der Waals surface area contributed by atoms with E-state index in [1.54, 1.807) is 16.7 Å². The van der Waals surface area contributed by atoms with E-state index in [2.05, 4.69) is 13.8 Å². The smallest absolute Gasteiger partial charge is 0.206 e. The standard InChI is InChI=1S/C20H24F2N/c1-4-6-12-20(5-2)13-23-17(22)11-10-14(3)19(23)18-15(20)8-7-9-16(18)21/h7-11H,4-6,12-13H2,1-3H3/q+1. The number of fused-ring (bicyclic) bond motifs is 3. The van der Waals surface area contributed by atoms with Gasteiger partial charge in [0.2, 0.25) is 5.69 Å². The second-order valence-electron chi connectivity index (χ2n) is 6.67. The minimum Gasteiger partial charge on any atom is -0.206 e. The number of hydrogen-bond acceptors (Lipinski definition) is 0. The van der Waals surface area contributed by atoms with Crippen LogP contribution < -0.4 is 4.57 Å². The first-order valence-corrected chi connectivity index (χ1v) is 8.52. The van der Waals surface area contributed by atoms with Crippen LogP contribution in [-0.4, -0.2) is 0 Å². The van der Waals surface area contributed by atoms with Crippen molar-refractivity contribution in [3.05, 3.63) is 53.2 Å². The molecule has 1 unspecified atom stereocenters. The average Bonchev–Trinajstić information content (AvgIpc) is 2.56. The van der Waals surface area contributed by atoms with E-state index in [1.165, 1.54) is 12.1 Å². The lowest BCUT2D eigenvalue weighted by Crippen LogP contribution is -2.53. The molecule has 1 aromatic carbocycles. The molecule has 0 radical (unpaired) electrons. The van der Waals surface area contributed by atoms with Gasteiger partial charge in [0.1, 0.15) is 5.82 Å². The molecular weight excluding hydrogens is 292 g/mol. The molecule has 1 aliphatic heterocycles. The largest absolute Gasteiger partial charge is 0.360 e. The van der Waals surface area contributed by atoms with Gasteiger partial charge in [-0.15, -0.1) is 4.39 Å². The summed E-state index contributed by atoms with van der Waals surface area (Å²) in [6.07, 6.45) is 3.98. The van der Waals surface area contributed by atoms with E-state index in [1.807, 2.05) is 13.0 Å². The van der Waals surface area contributed by atoms with Gasteiger partial charge in [0.25, 0.3) is 0 Å². The van der Waals surface area contributed by atoms with E-state index in [0.717, 1.165) is 36.8 Å². The second-order valence-corrected chi connectivity index (χ2v) is 6.67. The van der Waals surface area contributed by atoms with Gasteiger partial charge in [-0.05, 0) is 37.5 Å². The molecule has 3 heteroatoms. The number of halogens is 2. The lowest BCUT2D eigenvalue weighted by molar-refractivity contribution is -0.724. The Morgan fingerprint density at radius 3 is 2.61 bits per heavy atom. The number of hydrogen-bond donors (Lipinski definition) is 0. The fourth-order valence-electron chi connectivity index (χ4n) is 3.97. The maximum absolute atomic E-state index is 14.7. The number of pyridine rings is 1. The third-order valence-corrected chi connectivity index (χ3v) is 5.34. The van der Waals surface area contributed by atoms with Crippen LogP contribution in [0, 0.1) is 18.7 Å². The van der Waals surface area contributed by atoms with Gasteiger partial charge in [-0.1, -0.05) is 38.8 Å². The van der Waals surface area contributed by atoms with Gasteiger partial charge in [0.05, 0.1) is 11.0 Å². The molecule has 1 aromatic heterocycles. The van der Waals surface area contributed by atoms with Crippen LogP contribution in [0.15, 0.2) is 30.3 Å². The van der Waals surface area contributed by atoms with Crippen molar-refractivity contribution in [3.8, 4) is 11.3 Å². The number of benzene rings is 1. The molecule has 2 aromatic rings. The van der Waals surface area contributed by atoms with Crippen LogP contribution in [0.5, 0.6) is 0 Å². The predicted molar refractivity (Wildman–Crippen MR) is 88.2 cm³/mol. The molecule has 0 fully saturated rings. The number of nitrogens with zero attached hydrogens (tertiary/aromatic N) is 1.